The molecule has 22 heavy (non-hydrogen) atoms. The molecule has 0 radical (unpaired) electrons. The molecule has 2 rings (SSSR count). The van der Waals surface area contributed by atoms with Crippen LogP contribution in [0.1, 0.15) is 31.7 Å². The van der Waals surface area contributed by atoms with Gasteiger partial charge in [-0.25, -0.2) is 4.68 Å². The molecule has 0 aliphatic carbocycles. The van der Waals surface area contributed by atoms with E-state index in [1.807, 2.05) is 19.1 Å². The third-order valence-electron chi connectivity index (χ3n) is 3.79. The molecule has 0 spiro atoms. The molecule has 0 saturated heterocycles. The van der Waals surface area contributed by atoms with E-state index >= 15 is 0 Å². The number of hydrogen-bond donors (Lipinski definition) is 1. The van der Waals surface area contributed by atoms with Crippen LogP contribution in [0.4, 0.5) is 5.69 Å². The number of anilines is 1. The van der Waals surface area contributed by atoms with Crippen molar-refractivity contribution in [1.29, 1.82) is 0 Å². The normalized spacial score (nSPS) is 10.7. The summed E-state index contributed by atoms with van der Waals surface area (Å²) in [7, 11) is 0. The van der Waals surface area contributed by atoms with E-state index in [2.05, 4.69) is 41.2 Å². The molecule has 6 heteroatoms. The van der Waals surface area contributed by atoms with Crippen molar-refractivity contribution >= 4 is 11.7 Å². The third-order valence-corrected chi connectivity index (χ3v) is 3.79. The van der Waals surface area contributed by atoms with Gasteiger partial charge in [-0.1, -0.05) is 5.21 Å². The van der Waals surface area contributed by atoms with Crippen LogP contribution in [-0.2, 0) is 11.2 Å². The summed E-state index contributed by atoms with van der Waals surface area (Å²) < 4.78 is 1.75. The van der Waals surface area contributed by atoms with E-state index in [1.54, 1.807) is 4.68 Å². The second kappa shape index (κ2) is 7.06. The van der Waals surface area contributed by atoms with Crippen molar-refractivity contribution in [3.05, 3.63) is 35.7 Å². The van der Waals surface area contributed by atoms with Crippen molar-refractivity contribution in [2.24, 2.45) is 0 Å². The SMILES string of the molecule is CCN(CC)c1ccc(-n2nnc(CCC(=O)O)c2C)cc1. The van der Waals surface area contributed by atoms with Gasteiger partial charge in [0.1, 0.15) is 0 Å². The highest BCUT2D eigenvalue weighted by Gasteiger charge is 2.12. The fraction of sp³-hybridized carbons (Fsp3) is 0.438. The Morgan fingerprint density at radius 2 is 1.86 bits per heavy atom. The Balaban J connectivity index is 2.20. The number of carbonyl (C=O) groups is 1. The lowest BCUT2D eigenvalue weighted by molar-refractivity contribution is -0.136. The number of carboxylic acids is 1. The maximum Gasteiger partial charge on any atom is 0.303 e. The van der Waals surface area contributed by atoms with E-state index in [4.69, 9.17) is 5.11 Å². The van der Waals surface area contributed by atoms with Gasteiger partial charge >= 0.3 is 5.97 Å². The first-order chi connectivity index (χ1) is 10.6. The molecule has 0 bridgehead atoms. The number of carboxylic acid groups (broad SMARTS) is 1. The minimum atomic E-state index is -0.822. The van der Waals surface area contributed by atoms with Crippen LogP contribution >= 0.6 is 0 Å². The summed E-state index contributed by atoms with van der Waals surface area (Å²) in [6.45, 7) is 8.12. The number of rotatable bonds is 7. The van der Waals surface area contributed by atoms with Gasteiger partial charge in [0.2, 0.25) is 0 Å². The molecule has 2 aromatic rings. The summed E-state index contributed by atoms with van der Waals surface area (Å²) in [5, 5.41) is 17.0. The van der Waals surface area contributed by atoms with Crippen LogP contribution in [0.3, 0.4) is 0 Å². The Labute approximate surface area is 130 Å². The van der Waals surface area contributed by atoms with Crippen LogP contribution in [0.2, 0.25) is 0 Å². The highest BCUT2D eigenvalue weighted by molar-refractivity contribution is 5.67. The molecule has 1 N–H and O–H groups in total. The van der Waals surface area contributed by atoms with Gasteiger partial charge < -0.3 is 10.0 Å². The highest BCUT2D eigenvalue weighted by Crippen LogP contribution is 2.19. The Morgan fingerprint density at radius 3 is 2.41 bits per heavy atom. The van der Waals surface area contributed by atoms with E-state index in [1.165, 1.54) is 5.69 Å². The van der Waals surface area contributed by atoms with Crippen LogP contribution in [0.15, 0.2) is 24.3 Å². The lowest BCUT2D eigenvalue weighted by Crippen LogP contribution is -2.21. The van der Waals surface area contributed by atoms with Crippen molar-refractivity contribution in [3.8, 4) is 5.69 Å². The van der Waals surface area contributed by atoms with Gasteiger partial charge in [-0.2, -0.15) is 0 Å². The van der Waals surface area contributed by atoms with E-state index in [-0.39, 0.29) is 6.42 Å². The van der Waals surface area contributed by atoms with E-state index in [0.29, 0.717) is 6.42 Å². The Hall–Kier alpha value is -2.37. The summed E-state index contributed by atoms with van der Waals surface area (Å²) >= 11 is 0. The smallest absolute Gasteiger partial charge is 0.303 e. The molecule has 6 nitrogen and oxygen atoms in total. The Morgan fingerprint density at radius 1 is 1.23 bits per heavy atom. The molecule has 1 aromatic heterocycles. The lowest BCUT2D eigenvalue weighted by atomic mass is 10.2. The van der Waals surface area contributed by atoms with Crippen LogP contribution in [0, 0.1) is 6.92 Å². The van der Waals surface area contributed by atoms with Crippen molar-refractivity contribution in [3.63, 3.8) is 0 Å². The molecule has 0 aliphatic heterocycles. The van der Waals surface area contributed by atoms with Crippen LogP contribution in [0.25, 0.3) is 5.69 Å². The molecular weight excluding hydrogens is 280 g/mol. The first-order valence-corrected chi connectivity index (χ1v) is 7.55. The molecule has 1 aromatic carbocycles. The fourth-order valence-electron chi connectivity index (χ4n) is 2.46. The summed E-state index contributed by atoms with van der Waals surface area (Å²) in [6.07, 6.45) is 0.471. The zero-order valence-corrected chi connectivity index (χ0v) is 13.3. The first kappa shape index (κ1) is 16.0. The van der Waals surface area contributed by atoms with Crippen LogP contribution in [0.5, 0.6) is 0 Å². The average molecular weight is 302 g/mol. The lowest BCUT2D eigenvalue weighted by Gasteiger charge is -2.21. The van der Waals surface area contributed by atoms with Gasteiger partial charge in [-0.15, -0.1) is 5.10 Å². The van der Waals surface area contributed by atoms with E-state index in [9.17, 15) is 4.79 Å². The molecule has 0 aliphatic rings. The topological polar surface area (TPSA) is 71.2 Å². The number of aromatic nitrogens is 3. The highest BCUT2D eigenvalue weighted by atomic mass is 16.4. The van der Waals surface area contributed by atoms with Gasteiger partial charge in [0, 0.05) is 25.2 Å². The zero-order valence-electron chi connectivity index (χ0n) is 13.3. The van der Waals surface area contributed by atoms with Crippen LogP contribution < -0.4 is 4.90 Å². The summed E-state index contributed by atoms with van der Waals surface area (Å²) in [6, 6.07) is 8.16. The number of benzene rings is 1. The molecule has 0 amide bonds. The Kier molecular flexibility index (Phi) is 5.14. The monoisotopic (exact) mass is 302 g/mol. The molecule has 118 valence electrons. The van der Waals surface area contributed by atoms with E-state index < -0.39 is 5.97 Å². The fourth-order valence-corrected chi connectivity index (χ4v) is 2.46. The Bertz CT molecular complexity index is 630. The second-order valence-corrected chi connectivity index (χ2v) is 5.12. The zero-order chi connectivity index (χ0) is 16.1. The first-order valence-electron chi connectivity index (χ1n) is 7.55. The number of hydrogen-bond acceptors (Lipinski definition) is 4. The van der Waals surface area contributed by atoms with Gasteiger partial charge in [-0.05, 0) is 45.0 Å². The minimum absolute atomic E-state index is 0.0699. The largest absolute Gasteiger partial charge is 0.481 e. The number of nitrogens with zero attached hydrogens (tertiary/aromatic N) is 4. The molecule has 1 heterocycles. The van der Waals surface area contributed by atoms with Crippen molar-refractivity contribution in [2.45, 2.75) is 33.6 Å². The van der Waals surface area contributed by atoms with Crippen molar-refractivity contribution < 1.29 is 9.90 Å². The predicted octanol–water partition coefficient (Wildman–Crippen LogP) is 2.44. The predicted molar refractivity (Wildman–Crippen MR) is 85.6 cm³/mol. The molecule has 0 unspecified atom stereocenters. The maximum atomic E-state index is 10.7. The van der Waals surface area contributed by atoms with E-state index in [0.717, 1.165) is 30.2 Å². The van der Waals surface area contributed by atoms with Gasteiger partial charge in [0.15, 0.2) is 0 Å². The third kappa shape index (κ3) is 3.44. The van der Waals surface area contributed by atoms with Crippen molar-refractivity contribution in [1.82, 2.24) is 15.0 Å². The molecule has 0 atom stereocenters. The van der Waals surface area contributed by atoms with Crippen LogP contribution in [-0.4, -0.2) is 39.2 Å². The quantitative estimate of drug-likeness (QED) is 0.850. The molecule has 0 saturated carbocycles. The summed E-state index contributed by atoms with van der Waals surface area (Å²) in [5.74, 6) is -0.822. The minimum Gasteiger partial charge on any atom is -0.481 e. The summed E-state index contributed by atoms with van der Waals surface area (Å²) in [4.78, 5) is 12.9. The molecule has 0 fully saturated rings. The number of aryl methyl sites for hydroxylation is 1. The molecular formula is C16H22N4O2. The van der Waals surface area contributed by atoms with Gasteiger partial charge in [0.05, 0.1) is 23.5 Å². The van der Waals surface area contributed by atoms with Gasteiger partial charge in [-0.3, -0.25) is 4.79 Å². The summed E-state index contributed by atoms with van der Waals surface area (Å²) in [5.41, 5.74) is 3.73. The number of aliphatic carboxylic acids is 1. The maximum absolute atomic E-state index is 10.7. The van der Waals surface area contributed by atoms with Gasteiger partial charge in [0.25, 0.3) is 0 Å². The average Bonchev–Trinajstić information content (AvgIpc) is 2.88. The van der Waals surface area contributed by atoms with Crippen molar-refractivity contribution in [2.75, 3.05) is 18.0 Å². The standard InChI is InChI=1S/C16H22N4O2/c1-4-19(5-2)13-6-8-14(9-7-13)20-12(3)15(17-18-20)10-11-16(21)22/h6-9H,4-5,10-11H2,1-3H3,(H,21,22). The second-order valence-electron chi connectivity index (χ2n) is 5.12.